The Morgan fingerprint density at radius 1 is 1.26 bits per heavy atom. The summed E-state index contributed by atoms with van der Waals surface area (Å²) in [6.07, 6.45) is 0. The van der Waals surface area contributed by atoms with Crippen LogP contribution in [0.2, 0.25) is 0 Å². The molecule has 0 atom stereocenters. The zero-order valence-corrected chi connectivity index (χ0v) is 12.4. The van der Waals surface area contributed by atoms with Crippen LogP contribution in [-0.4, -0.2) is 36.7 Å². The van der Waals surface area contributed by atoms with Gasteiger partial charge in [0.2, 0.25) is 0 Å². The summed E-state index contributed by atoms with van der Waals surface area (Å²) in [5, 5.41) is 3.42. The van der Waals surface area contributed by atoms with Crippen molar-refractivity contribution in [2.45, 2.75) is 39.4 Å². The second-order valence-corrected chi connectivity index (χ2v) is 5.84. The molecular formula is C16H26N2O. The van der Waals surface area contributed by atoms with Crippen LogP contribution in [0, 0.1) is 0 Å². The lowest BCUT2D eigenvalue weighted by Gasteiger charge is -2.42. The van der Waals surface area contributed by atoms with E-state index in [4.69, 9.17) is 4.74 Å². The molecule has 106 valence electrons. The van der Waals surface area contributed by atoms with Crippen molar-refractivity contribution in [3.8, 4) is 0 Å². The minimum atomic E-state index is 0.129. The first-order valence-corrected chi connectivity index (χ1v) is 7.24. The van der Waals surface area contributed by atoms with E-state index in [0.717, 1.165) is 39.4 Å². The highest BCUT2D eigenvalue weighted by Gasteiger charge is 2.30. The fourth-order valence-electron chi connectivity index (χ4n) is 2.53. The molecule has 1 aliphatic rings. The van der Waals surface area contributed by atoms with E-state index in [0.29, 0.717) is 0 Å². The smallest absolute Gasteiger partial charge is 0.0645 e. The molecule has 0 bridgehead atoms. The normalized spacial score (nSPS) is 19.5. The van der Waals surface area contributed by atoms with Gasteiger partial charge >= 0.3 is 0 Å². The lowest BCUT2D eigenvalue weighted by molar-refractivity contribution is -0.0553. The molecule has 1 aromatic carbocycles. The maximum Gasteiger partial charge on any atom is 0.0645 e. The number of nitrogens with zero attached hydrogens (tertiary/aromatic N) is 1. The summed E-state index contributed by atoms with van der Waals surface area (Å²) < 4.78 is 5.59. The molecule has 19 heavy (non-hydrogen) atoms. The molecule has 1 aromatic rings. The van der Waals surface area contributed by atoms with Gasteiger partial charge in [0.25, 0.3) is 0 Å². The summed E-state index contributed by atoms with van der Waals surface area (Å²) in [6.45, 7) is 12.3. The SMILES string of the molecule is CCNCc1ccccc1CN1CCOCC1(C)C. The molecule has 0 saturated carbocycles. The van der Waals surface area contributed by atoms with Crippen LogP contribution in [0.5, 0.6) is 0 Å². The van der Waals surface area contributed by atoms with Crippen molar-refractivity contribution in [1.82, 2.24) is 10.2 Å². The number of nitrogens with one attached hydrogen (secondary N) is 1. The summed E-state index contributed by atoms with van der Waals surface area (Å²) in [4.78, 5) is 2.53. The lowest BCUT2D eigenvalue weighted by atomic mass is 9.99. The third-order valence-corrected chi connectivity index (χ3v) is 3.86. The minimum absolute atomic E-state index is 0.129. The Balaban J connectivity index is 2.09. The number of benzene rings is 1. The number of hydrogen-bond acceptors (Lipinski definition) is 3. The van der Waals surface area contributed by atoms with Gasteiger partial charge in [-0.05, 0) is 31.5 Å². The summed E-state index contributed by atoms with van der Waals surface area (Å²) in [5.41, 5.74) is 2.97. The molecule has 0 spiro atoms. The Morgan fingerprint density at radius 2 is 2.00 bits per heavy atom. The predicted molar refractivity (Wildman–Crippen MR) is 79.1 cm³/mol. The molecule has 3 nitrogen and oxygen atoms in total. The average Bonchev–Trinajstić information content (AvgIpc) is 2.40. The summed E-state index contributed by atoms with van der Waals surface area (Å²) in [5.74, 6) is 0. The highest BCUT2D eigenvalue weighted by atomic mass is 16.5. The van der Waals surface area contributed by atoms with E-state index in [1.165, 1.54) is 11.1 Å². The van der Waals surface area contributed by atoms with E-state index in [1.54, 1.807) is 0 Å². The third-order valence-electron chi connectivity index (χ3n) is 3.86. The summed E-state index contributed by atoms with van der Waals surface area (Å²) in [7, 11) is 0. The van der Waals surface area contributed by atoms with Crippen LogP contribution in [0.1, 0.15) is 31.9 Å². The van der Waals surface area contributed by atoms with Gasteiger partial charge < -0.3 is 10.1 Å². The van der Waals surface area contributed by atoms with Crippen LogP contribution in [0.3, 0.4) is 0 Å². The van der Waals surface area contributed by atoms with Crippen LogP contribution in [-0.2, 0) is 17.8 Å². The van der Waals surface area contributed by atoms with Crippen LogP contribution >= 0.6 is 0 Å². The average molecular weight is 262 g/mol. The van der Waals surface area contributed by atoms with Gasteiger partial charge in [0.1, 0.15) is 0 Å². The fraction of sp³-hybridized carbons (Fsp3) is 0.625. The molecule has 3 heteroatoms. The van der Waals surface area contributed by atoms with Gasteiger partial charge in [-0.15, -0.1) is 0 Å². The van der Waals surface area contributed by atoms with Gasteiger partial charge in [0, 0.05) is 25.2 Å². The molecule has 0 aromatic heterocycles. The number of morpholine rings is 1. The first-order chi connectivity index (χ1) is 9.13. The van der Waals surface area contributed by atoms with Gasteiger partial charge in [-0.25, -0.2) is 0 Å². The monoisotopic (exact) mass is 262 g/mol. The maximum atomic E-state index is 5.59. The third kappa shape index (κ3) is 3.78. The number of hydrogen-bond donors (Lipinski definition) is 1. The van der Waals surface area contributed by atoms with E-state index in [1.807, 2.05) is 0 Å². The van der Waals surface area contributed by atoms with Crippen molar-refractivity contribution in [2.75, 3.05) is 26.3 Å². The number of rotatable bonds is 5. The Bertz CT molecular complexity index is 403. The van der Waals surface area contributed by atoms with Crippen molar-refractivity contribution in [2.24, 2.45) is 0 Å². The second kappa shape index (κ2) is 6.51. The van der Waals surface area contributed by atoms with E-state index < -0.39 is 0 Å². The molecule has 0 radical (unpaired) electrons. The molecule has 1 N–H and O–H groups in total. The van der Waals surface area contributed by atoms with Gasteiger partial charge in [0.15, 0.2) is 0 Å². The van der Waals surface area contributed by atoms with Crippen molar-refractivity contribution in [3.63, 3.8) is 0 Å². The van der Waals surface area contributed by atoms with E-state index in [2.05, 4.69) is 55.3 Å². The first-order valence-electron chi connectivity index (χ1n) is 7.24. The van der Waals surface area contributed by atoms with Crippen molar-refractivity contribution < 1.29 is 4.74 Å². The van der Waals surface area contributed by atoms with Crippen molar-refractivity contribution in [1.29, 1.82) is 0 Å². The topological polar surface area (TPSA) is 24.5 Å². The van der Waals surface area contributed by atoms with E-state index in [9.17, 15) is 0 Å². The maximum absolute atomic E-state index is 5.59. The van der Waals surface area contributed by atoms with Gasteiger partial charge in [-0.2, -0.15) is 0 Å². The van der Waals surface area contributed by atoms with Crippen molar-refractivity contribution >= 4 is 0 Å². The predicted octanol–water partition coefficient (Wildman–Crippen LogP) is 2.41. The largest absolute Gasteiger partial charge is 0.378 e. The molecule has 1 aliphatic heterocycles. The lowest BCUT2D eigenvalue weighted by Crippen LogP contribution is -2.52. The second-order valence-electron chi connectivity index (χ2n) is 5.84. The van der Waals surface area contributed by atoms with Gasteiger partial charge in [-0.3, -0.25) is 4.90 Å². The zero-order chi connectivity index (χ0) is 13.7. The quantitative estimate of drug-likeness (QED) is 0.882. The Hall–Kier alpha value is -0.900. The Kier molecular flexibility index (Phi) is 4.97. The van der Waals surface area contributed by atoms with Crippen molar-refractivity contribution in [3.05, 3.63) is 35.4 Å². The minimum Gasteiger partial charge on any atom is -0.378 e. The molecule has 1 saturated heterocycles. The van der Waals surface area contributed by atoms with Crippen LogP contribution in [0.25, 0.3) is 0 Å². The molecular weight excluding hydrogens is 236 g/mol. The van der Waals surface area contributed by atoms with Gasteiger partial charge in [0.05, 0.1) is 13.2 Å². The highest BCUT2D eigenvalue weighted by Crippen LogP contribution is 2.22. The van der Waals surface area contributed by atoms with Crippen LogP contribution in [0.4, 0.5) is 0 Å². The molecule has 1 heterocycles. The molecule has 0 amide bonds. The Labute approximate surface area is 116 Å². The van der Waals surface area contributed by atoms with Crippen LogP contribution in [0.15, 0.2) is 24.3 Å². The van der Waals surface area contributed by atoms with E-state index in [-0.39, 0.29) is 5.54 Å². The van der Waals surface area contributed by atoms with Gasteiger partial charge in [-0.1, -0.05) is 31.2 Å². The zero-order valence-electron chi connectivity index (χ0n) is 12.4. The highest BCUT2D eigenvalue weighted by molar-refractivity contribution is 5.27. The molecule has 1 fully saturated rings. The van der Waals surface area contributed by atoms with Crippen LogP contribution < -0.4 is 5.32 Å². The van der Waals surface area contributed by atoms with E-state index >= 15 is 0 Å². The molecule has 0 aliphatic carbocycles. The Morgan fingerprint density at radius 3 is 2.68 bits per heavy atom. The molecule has 2 rings (SSSR count). The standard InChI is InChI=1S/C16H26N2O/c1-4-17-11-14-7-5-6-8-15(14)12-18-9-10-19-13-16(18,2)3/h5-8,17H,4,9-13H2,1-3H3. The summed E-state index contributed by atoms with van der Waals surface area (Å²) >= 11 is 0. The fourth-order valence-corrected chi connectivity index (χ4v) is 2.53. The number of ether oxygens (including phenoxy) is 1. The summed E-state index contributed by atoms with van der Waals surface area (Å²) in [6, 6.07) is 8.74. The molecule has 0 unspecified atom stereocenters. The first kappa shape index (κ1) is 14.5.